The molecule has 2 N–H and O–H groups in total. The van der Waals surface area contributed by atoms with Crippen LogP contribution in [0, 0.1) is 17.2 Å². The number of aromatic nitrogens is 2. The second kappa shape index (κ2) is 14.1. The van der Waals surface area contributed by atoms with Crippen molar-refractivity contribution in [2.24, 2.45) is 5.92 Å². The maximum Gasteiger partial charge on any atom is 0.334 e. The third-order valence-corrected chi connectivity index (χ3v) is 9.65. The van der Waals surface area contributed by atoms with Crippen molar-refractivity contribution < 1.29 is 24.3 Å². The van der Waals surface area contributed by atoms with Gasteiger partial charge in [-0.2, -0.15) is 10.4 Å². The zero-order valence-corrected chi connectivity index (χ0v) is 28.0. The van der Waals surface area contributed by atoms with Gasteiger partial charge in [-0.3, -0.25) is 14.4 Å². The number of hydrogen-bond donors (Lipinski definition) is 2. The van der Waals surface area contributed by atoms with Gasteiger partial charge in [0.25, 0.3) is 0 Å². The van der Waals surface area contributed by atoms with Crippen LogP contribution < -0.4 is 5.32 Å². The van der Waals surface area contributed by atoms with Gasteiger partial charge in [-0.15, -0.1) is 6.58 Å². The first-order chi connectivity index (χ1) is 24.8. The third-order valence-electron chi connectivity index (χ3n) is 9.65. The molecule has 2 saturated heterocycles. The molecular formula is C38H38N8O5. The van der Waals surface area contributed by atoms with Gasteiger partial charge in [0.2, 0.25) is 11.8 Å². The fourth-order valence-corrected chi connectivity index (χ4v) is 7.08. The van der Waals surface area contributed by atoms with Crippen molar-refractivity contribution >= 4 is 34.5 Å². The van der Waals surface area contributed by atoms with Gasteiger partial charge in [-0.1, -0.05) is 66.7 Å². The van der Waals surface area contributed by atoms with Crippen LogP contribution in [0.4, 0.5) is 4.79 Å². The number of ketones is 1. The van der Waals surface area contributed by atoms with Gasteiger partial charge in [0.05, 0.1) is 24.7 Å². The maximum atomic E-state index is 14.5. The molecule has 1 aromatic heterocycles. The first-order valence-corrected chi connectivity index (χ1v) is 17.0. The number of nitriles is 1. The average molecular weight is 687 g/mol. The minimum atomic E-state index is -0.960. The number of nitrogens with one attached hydrogen (secondary N) is 1. The summed E-state index contributed by atoms with van der Waals surface area (Å²) in [6.07, 6.45) is 2.53. The maximum absolute atomic E-state index is 14.5. The number of Topliss-reactive ketones (excluding diaryl/α,β-unsaturated/α-hetero) is 1. The molecule has 4 aromatic rings. The summed E-state index contributed by atoms with van der Waals surface area (Å²) in [5, 5.41) is 30.9. The normalized spacial score (nSPS) is 19.2. The molecule has 2 aliphatic heterocycles. The van der Waals surface area contributed by atoms with Crippen LogP contribution >= 0.6 is 0 Å². The van der Waals surface area contributed by atoms with Crippen LogP contribution in [0.3, 0.4) is 0 Å². The van der Waals surface area contributed by atoms with E-state index < -0.39 is 18.2 Å². The van der Waals surface area contributed by atoms with Crippen molar-refractivity contribution in [3.05, 3.63) is 108 Å². The van der Waals surface area contributed by atoms with Crippen molar-refractivity contribution in [3.63, 3.8) is 0 Å². The molecule has 3 aromatic carbocycles. The molecule has 13 nitrogen and oxygen atoms in total. The van der Waals surface area contributed by atoms with E-state index in [1.807, 2.05) is 48.5 Å². The smallest absolute Gasteiger partial charge is 0.334 e. The van der Waals surface area contributed by atoms with Gasteiger partial charge in [-0.05, 0) is 41.7 Å². The molecule has 13 heteroatoms. The summed E-state index contributed by atoms with van der Waals surface area (Å²) >= 11 is 0. The van der Waals surface area contributed by atoms with Gasteiger partial charge in [0, 0.05) is 37.4 Å². The Morgan fingerprint density at radius 1 is 1.02 bits per heavy atom. The van der Waals surface area contributed by atoms with Crippen LogP contribution in [0.1, 0.15) is 40.0 Å². The Hall–Kier alpha value is -6.00. The number of carbonyl (C=O) groups excluding carboxylic acids is 4. The van der Waals surface area contributed by atoms with E-state index in [0.717, 1.165) is 24.0 Å². The number of phenolic OH excluding ortho intramolecular Hbond substituents is 1. The Morgan fingerprint density at radius 3 is 2.49 bits per heavy atom. The van der Waals surface area contributed by atoms with Crippen molar-refractivity contribution in [1.29, 1.82) is 5.26 Å². The first kappa shape index (κ1) is 33.5. The van der Waals surface area contributed by atoms with Crippen LogP contribution in [0.2, 0.25) is 0 Å². The van der Waals surface area contributed by atoms with Crippen molar-refractivity contribution in [2.75, 3.05) is 19.6 Å². The molecule has 0 unspecified atom stereocenters. The van der Waals surface area contributed by atoms with Gasteiger partial charge in [0.15, 0.2) is 5.78 Å². The summed E-state index contributed by atoms with van der Waals surface area (Å²) in [7, 11) is 0. The van der Waals surface area contributed by atoms with E-state index in [-0.39, 0.29) is 75.0 Å². The highest BCUT2D eigenvalue weighted by atomic mass is 16.3. The minimum absolute atomic E-state index is 0.00616. The largest absolute Gasteiger partial charge is 0.508 e. The van der Waals surface area contributed by atoms with Crippen LogP contribution in [0.15, 0.2) is 85.5 Å². The number of piperazine rings is 1. The first-order valence-electron chi connectivity index (χ1n) is 17.0. The summed E-state index contributed by atoms with van der Waals surface area (Å²) in [6.45, 7) is 4.19. The Labute approximate surface area is 294 Å². The van der Waals surface area contributed by atoms with E-state index >= 15 is 0 Å². The molecule has 2 atom stereocenters. The van der Waals surface area contributed by atoms with Crippen molar-refractivity contribution in [1.82, 2.24) is 34.9 Å². The predicted molar refractivity (Wildman–Crippen MR) is 186 cm³/mol. The summed E-state index contributed by atoms with van der Waals surface area (Å²) in [6, 6.07) is 22.1. The van der Waals surface area contributed by atoms with E-state index in [9.17, 15) is 29.5 Å². The predicted octanol–water partition coefficient (Wildman–Crippen LogP) is 3.59. The summed E-state index contributed by atoms with van der Waals surface area (Å²) < 4.78 is 1.45. The zero-order chi connectivity index (χ0) is 35.6. The second-order valence-corrected chi connectivity index (χ2v) is 13.1. The lowest BCUT2D eigenvalue weighted by molar-refractivity contribution is -0.189. The molecular weight excluding hydrogens is 648 g/mol. The summed E-state index contributed by atoms with van der Waals surface area (Å²) in [5.74, 6) is -0.651. The fourth-order valence-electron chi connectivity index (χ4n) is 7.08. The average Bonchev–Trinajstić information content (AvgIpc) is 3.91. The number of rotatable bonds is 11. The lowest BCUT2D eigenvalue weighted by Gasteiger charge is -2.55. The third kappa shape index (κ3) is 6.65. The summed E-state index contributed by atoms with van der Waals surface area (Å²) in [5.41, 5.74) is 3.22. The van der Waals surface area contributed by atoms with Crippen LogP contribution in [-0.2, 0) is 35.6 Å². The van der Waals surface area contributed by atoms with Crippen LogP contribution in [0.25, 0.3) is 10.9 Å². The Bertz CT molecular complexity index is 2030. The van der Waals surface area contributed by atoms with Crippen LogP contribution in [0.5, 0.6) is 5.75 Å². The van der Waals surface area contributed by atoms with Crippen molar-refractivity contribution in [2.45, 2.75) is 51.1 Å². The molecule has 3 heterocycles. The highest BCUT2D eigenvalue weighted by Crippen LogP contribution is 2.36. The molecule has 51 heavy (non-hydrogen) atoms. The number of amides is 4. The molecule has 0 spiro atoms. The molecule has 7 rings (SSSR count). The van der Waals surface area contributed by atoms with Gasteiger partial charge >= 0.3 is 6.03 Å². The Balaban J connectivity index is 1.26. The summed E-state index contributed by atoms with van der Waals surface area (Å²) in [4.78, 5) is 59.0. The highest BCUT2D eigenvalue weighted by molar-refractivity contribution is 6.08. The molecule has 3 aliphatic rings. The lowest BCUT2D eigenvalue weighted by atomic mass is 9.98. The molecule has 1 aliphatic carbocycles. The van der Waals surface area contributed by atoms with E-state index in [0.29, 0.717) is 22.2 Å². The van der Waals surface area contributed by atoms with E-state index in [1.54, 1.807) is 28.1 Å². The number of hydrazine groups is 1. The number of phenols is 1. The molecule has 0 bridgehead atoms. The monoisotopic (exact) mass is 686 g/mol. The molecule has 0 radical (unpaired) electrons. The van der Waals surface area contributed by atoms with Crippen LogP contribution in [-0.4, -0.2) is 90.2 Å². The molecule has 260 valence electrons. The van der Waals surface area contributed by atoms with E-state index in [1.165, 1.54) is 26.7 Å². The number of benzene rings is 3. The van der Waals surface area contributed by atoms with Gasteiger partial charge in [-0.25, -0.2) is 19.5 Å². The standard InChI is InChI=1S/C38H38N8O5/c1-2-18-43-24-33(48)45-31(20-25-11-15-29(47)16-12-25)37(50)42(23-32(45)46(43)38(51)40-21-26-7-4-3-5-8-26)22-28-9-6-10-30-34(28)41-44(19-17-39)35(30)36(49)27-13-14-27/h2-12,15-16,27,31-32,47H,1,13-14,18-24H2,(H,40,51)/t31-,32-/m0/s1. The Morgan fingerprint density at radius 2 is 1.78 bits per heavy atom. The van der Waals surface area contributed by atoms with E-state index in [2.05, 4.69) is 18.0 Å². The number of urea groups is 1. The molecule has 4 amide bonds. The fraction of sp³-hybridized carbons (Fsp3) is 0.316. The number of nitrogens with zero attached hydrogens (tertiary/aromatic N) is 7. The minimum Gasteiger partial charge on any atom is -0.508 e. The number of aromatic hydroxyl groups is 1. The zero-order valence-electron chi connectivity index (χ0n) is 28.0. The molecule has 1 saturated carbocycles. The van der Waals surface area contributed by atoms with Gasteiger partial charge in [0.1, 0.15) is 30.2 Å². The second-order valence-electron chi connectivity index (χ2n) is 13.1. The topological polar surface area (TPSA) is 155 Å². The highest BCUT2D eigenvalue weighted by Gasteiger charge is 2.51. The van der Waals surface area contributed by atoms with Gasteiger partial charge < -0.3 is 20.2 Å². The quantitative estimate of drug-likeness (QED) is 0.179. The molecule has 3 fully saturated rings. The number of carbonyl (C=O) groups is 4. The Kier molecular flexibility index (Phi) is 9.25. The van der Waals surface area contributed by atoms with Crippen molar-refractivity contribution in [3.8, 4) is 11.8 Å². The SMILES string of the molecule is C=CCN1CC(=O)N2[C@@H](Cc3ccc(O)cc3)C(=O)N(Cc3cccc4c(C(=O)C5CC5)n(CC#N)nc34)C[C@@H]2N1C(=O)NCc1ccccc1. The van der Waals surface area contributed by atoms with E-state index in [4.69, 9.17) is 5.10 Å². The number of fused-ring (bicyclic) bond motifs is 2. The lowest BCUT2D eigenvalue weighted by Crippen LogP contribution is -2.76. The number of hydrogen-bond acceptors (Lipinski definition) is 8.